The number of nitrogens with zero attached hydrogens (tertiary/aromatic N) is 5. The fourth-order valence-electron chi connectivity index (χ4n) is 4.88. The quantitative estimate of drug-likeness (QED) is 0.592. The molecule has 0 radical (unpaired) electrons. The van der Waals surface area contributed by atoms with E-state index in [1.54, 1.807) is 6.20 Å². The number of aryl methyl sites for hydroxylation is 1. The highest BCUT2D eigenvalue weighted by molar-refractivity contribution is 5.86. The van der Waals surface area contributed by atoms with Crippen LogP contribution in [0.5, 0.6) is 0 Å². The van der Waals surface area contributed by atoms with Crippen molar-refractivity contribution in [3.8, 4) is 11.1 Å². The molecule has 0 spiro atoms. The van der Waals surface area contributed by atoms with Gasteiger partial charge in [0.15, 0.2) is 0 Å². The molecule has 0 bridgehead atoms. The topological polar surface area (TPSA) is 73.1 Å². The smallest absolute Gasteiger partial charge is 0.142 e. The molecule has 7 nitrogen and oxygen atoms in total. The van der Waals surface area contributed by atoms with Crippen LogP contribution in [0.4, 0.5) is 0 Å². The third kappa shape index (κ3) is 4.59. The van der Waals surface area contributed by atoms with Crippen LogP contribution in [0, 0.1) is 5.92 Å². The molecule has 0 amide bonds. The molecule has 0 unspecified atom stereocenters. The zero-order valence-corrected chi connectivity index (χ0v) is 18.8. The number of hydrogen-bond donors (Lipinski definition) is 0. The van der Waals surface area contributed by atoms with Gasteiger partial charge in [0.2, 0.25) is 0 Å². The van der Waals surface area contributed by atoms with Crippen molar-refractivity contribution < 1.29 is 9.53 Å². The van der Waals surface area contributed by atoms with Gasteiger partial charge < -0.3 is 4.74 Å². The molecule has 0 saturated carbocycles. The lowest BCUT2D eigenvalue weighted by Gasteiger charge is -2.26. The molecule has 32 heavy (non-hydrogen) atoms. The monoisotopic (exact) mass is 433 g/mol. The van der Waals surface area contributed by atoms with Gasteiger partial charge in [-0.15, -0.1) is 0 Å². The zero-order chi connectivity index (χ0) is 21.9. The third-order valence-corrected chi connectivity index (χ3v) is 6.85. The second-order valence-corrected chi connectivity index (χ2v) is 9.09. The Morgan fingerprint density at radius 2 is 1.88 bits per heavy atom. The van der Waals surface area contributed by atoms with E-state index in [1.165, 1.54) is 25.0 Å². The van der Waals surface area contributed by atoms with E-state index < -0.39 is 0 Å². The van der Waals surface area contributed by atoms with Crippen molar-refractivity contribution in [1.29, 1.82) is 0 Å². The standard InChI is InChI=1S/C25H31N5O2/c1-29-24(17-30-7-3-2-4-8-30)22(15-28-29)20-11-19-12-21(26-16-23(19)27-14-20)13-25(31)18-5-9-32-10-6-18/h11-12,14-16,18H,2-10,13,17H2,1H3. The van der Waals surface area contributed by atoms with Crippen molar-refractivity contribution >= 4 is 16.7 Å². The molecule has 3 aromatic rings. The summed E-state index contributed by atoms with van der Waals surface area (Å²) in [5.74, 6) is 0.360. The van der Waals surface area contributed by atoms with Crippen LogP contribution in [-0.4, -0.2) is 56.7 Å². The summed E-state index contributed by atoms with van der Waals surface area (Å²) in [6, 6.07) is 4.17. The normalized spacial score (nSPS) is 18.3. The van der Waals surface area contributed by atoms with Crippen LogP contribution in [0.25, 0.3) is 22.0 Å². The minimum absolute atomic E-state index is 0.0958. The highest BCUT2D eigenvalue weighted by Gasteiger charge is 2.22. The number of ketones is 1. The van der Waals surface area contributed by atoms with Crippen molar-refractivity contribution in [2.24, 2.45) is 13.0 Å². The first-order chi connectivity index (χ1) is 15.7. The van der Waals surface area contributed by atoms with Gasteiger partial charge in [-0.05, 0) is 50.9 Å². The Balaban J connectivity index is 1.39. The number of likely N-dealkylation sites (tertiary alicyclic amines) is 1. The van der Waals surface area contributed by atoms with Crippen LogP contribution in [-0.2, 0) is 29.5 Å². The molecule has 0 atom stereocenters. The van der Waals surface area contributed by atoms with E-state index in [9.17, 15) is 4.79 Å². The Morgan fingerprint density at radius 1 is 1.06 bits per heavy atom. The lowest BCUT2D eigenvalue weighted by atomic mass is 9.92. The van der Waals surface area contributed by atoms with Gasteiger partial charge in [0.25, 0.3) is 0 Å². The summed E-state index contributed by atoms with van der Waals surface area (Å²) in [4.78, 5) is 24.4. The van der Waals surface area contributed by atoms with Crippen LogP contribution in [0.1, 0.15) is 43.5 Å². The van der Waals surface area contributed by atoms with Crippen LogP contribution in [0.15, 0.2) is 30.7 Å². The lowest BCUT2D eigenvalue weighted by Crippen LogP contribution is -2.30. The minimum Gasteiger partial charge on any atom is -0.381 e. The van der Waals surface area contributed by atoms with Crippen LogP contribution >= 0.6 is 0 Å². The zero-order valence-electron chi connectivity index (χ0n) is 18.8. The van der Waals surface area contributed by atoms with E-state index in [2.05, 4.69) is 26.0 Å². The average molecular weight is 434 g/mol. The lowest BCUT2D eigenvalue weighted by molar-refractivity contribution is -0.125. The summed E-state index contributed by atoms with van der Waals surface area (Å²) in [5, 5.41) is 5.56. The number of piperidine rings is 1. The maximum atomic E-state index is 12.7. The number of pyridine rings is 2. The molecule has 2 fully saturated rings. The van der Waals surface area contributed by atoms with Crippen LogP contribution in [0.2, 0.25) is 0 Å². The number of hydrogen-bond acceptors (Lipinski definition) is 6. The predicted molar refractivity (Wildman–Crippen MR) is 123 cm³/mol. The van der Waals surface area contributed by atoms with Gasteiger partial charge in [-0.3, -0.25) is 24.3 Å². The van der Waals surface area contributed by atoms with Crippen molar-refractivity contribution in [3.63, 3.8) is 0 Å². The van der Waals surface area contributed by atoms with E-state index in [4.69, 9.17) is 4.74 Å². The maximum Gasteiger partial charge on any atom is 0.142 e. The largest absolute Gasteiger partial charge is 0.381 e. The van der Waals surface area contributed by atoms with Crippen LogP contribution in [0.3, 0.4) is 0 Å². The fourth-order valence-corrected chi connectivity index (χ4v) is 4.88. The van der Waals surface area contributed by atoms with E-state index in [0.29, 0.717) is 19.6 Å². The number of fused-ring (bicyclic) bond motifs is 1. The first-order valence-electron chi connectivity index (χ1n) is 11.8. The van der Waals surface area contributed by atoms with E-state index in [-0.39, 0.29) is 11.7 Å². The highest BCUT2D eigenvalue weighted by atomic mass is 16.5. The maximum absolute atomic E-state index is 12.7. The molecular weight excluding hydrogens is 402 g/mol. The second-order valence-electron chi connectivity index (χ2n) is 9.09. The van der Waals surface area contributed by atoms with Crippen LogP contribution < -0.4 is 0 Å². The summed E-state index contributed by atoms with van der Waals surface area (Å²) in [5.41, 5.74) is 5.07. The Morgan fingerprint density at radius 3 is 2.69 bits per heavy atom. The molecule has 5 rings (SSSR count). The van der Waals surface area contributed by atoms with E-state index in [0.717, 1.165) is 60.2 Å². The molecule has 0 aliphatic carbocycles. The van der Waals surface area contributed by atoms with E-state index in [1.807, 2.05) is 30.2 Å². The first kappa shape index (κ1) is 21.2. The van der Waals surface area contributed by atoms with Gasteiger partial charge in [0.05, 0.1) is 23.6 Å². The number of aromatic nitrogens is 4. The third-order valence-electron chi connectivity index (χ3n) is 6.85. The molecule has 0 aromatic carbocycles. The number of ether oxygens (including phenoxy) is 1. The molecular formula is C25H31N5O2. The molecule has 2 aliphatic rings. The average Bonchev–Trinajstić information content (AvgIpc) is 3.19. The summed E-state index contributed by atoms with van der Waals surface area (Å²) in [6.07, 6.45) is 11.5. The number of Topliss-reactive ketones (excluding diaryl/α,β-unsaturated/α-hetero) is 1. The number of rotatable bonds is 6. The molecule has 2 aliphatic heterocycles. The molecule has 168 valence electrons. The summed E-state index contributed by atoms with van der Waals surface area (Å²) >= 11 is 0. The SMILES string of the molecule is Cn1ncc(-c2cnc3cnc(CC(=O)C4CCOCC4)cc3c2)c1CN1CCCCC1. The van der Waals surface area contributed by atoms with Crippen molar-refractivity contribution in [1.82, 2.24) is 24.6 Å². The number of carbonyl (C=O) groups excluding carboxylic acids is 1. The Hall–Kier alpha value is -2.64. The van der Waals surface area contributed by atoms with Gasteiger partial charge >= 0.3 is 0 Å². The van der Waals surface area contributed by atoms with E-state index >= 15 is 0 Å². The molecule has 2 saturated heterocycles. The van der Waals surface area contributed by atoms with Crippen molar-refractivity contribution in [3.05, 3.63) is 42.1 Å². The highest BCUT2D eigenvalue weighted by Crippen LogP contribution is 2.28. The minimum atomic E-state index is 0.0958. The molecule has 7 heteroatoms. The summed E-state index contributed by atoms with van der Waals surface area (Å²) in [6.45, 7) is 4.57. The Labute approximate surface area is 188 Å². The van der Waals surface area contributed by atoms with Gasteiger partial charge in [-0.1, -0.05) is 6.42 Å². The Kier molecular flexibility index (Phi) is 6.28. The molecule has 3 aromatic heterocycles. The van der Waals surface area contributed by atoms with Gasteiger partial charge in [0, 0.05) is 67.5 Å². The first-order valence-corrected chi connectivity index (χ1v) is 11.8. The second kappa shape index (κ2) is 9.46. The van der Waals surface area contributed by atoms with Gasteiger partial charge in [0.1, 0.15) is 5.78 Å². The number of carbonyl (C=O) groups is 1. The molecule has 0 N–H and O–H groups in total. The van der Waals surface area contributed by atoms with Gasteiger partial charge in [-0.2, -0.15) is 5.10 Å². The summed E-state index contributed by atoms with van der Waals surface area (Å²) in [7, 11) is 2.02. The predicted octanol–water partition coefficient (Wildman–Crippen LogP) is 3.55. The Bertz CT molecular complexity index is 1100. The van der Waals surface area contributed by atoms with Gasteiger partial charge in [-0.25, -0.2) is 0 Å². The summed E-state index contributed by atoms with van der Waals surface area (Å²) < 4.78 is 7.37. The van der Waals surface area contributed by atoms with Crippen molar-refractivity contribution in [2.45, 2.75) is 45.1 Å². The molecule has 5 heterocycles. The fraction of sp³-hybridized carbons (Fsp3) is 0.520. The van der Waals surface area contributed by atoms with Crippen molar-refractivity contribution in [2.75, 3.05) is 26.3 Å².